The van der Waals surface area contributed by atoms with Crippen LogP contribution in [0.3, 0.4) is 0 Å². The number of rotatable bonds is 4. The number of hydrogen-bond acceptors (Lipinski definition) is 4. The molecule has 1 aliphatic rings. The van der Waals surface area contributed by atoms with E-state index < -0.39 is 0 Å². The Morgan fingerprint density at radius 3 is 2.68 bits per heavy atom. The highest BCUT2D eigenvalue weighted by atomic mass is 16.5. The van der Waals surface area contributed by atoms with Gasteiger partial charge in [-0.15, -0.1) is 0 Å². The van der Waals surface area contributed by atoms with Gasteiger partial charge in [-0.3, -0.25) is 14.6 Å². The van der Waals surface area contributed by atoms with Crippen molar-refractivity contribution < 1.29 is 14.3 Å². The van der Waals surface area contributed by atoms with Gasteiger partial charge >= 0.3 is 0 Å². The molecule has 1 unspecified atom stereocenters. The van der Waals surface area contributed by atoms with Crippen LogP contribution in [0.4, 0.5) is 0 Å². The lowest BCUT2D eigenvalue weighted by molar-refractivity contribution is -0.120. The summed E-state index contributed by atoms with van der Waals surface area (Å²) in [5.41, 5.74) is 0.613. The van der Waals surface area contributed by atoms with Crippen LogP contribution in [-0.4, -0.2) is 40.8 Å². The number of amides is 2. The molecule has 6 heteroatoms. The minimum atomic E-state index is -0.0591. The maximum atomic E-state index is 12.7. The van der Waals surface area contributed by atoms with Crippen molar-refractivity contribution >= 4 is 11.8 Å². The summed E-state index contributed by atoms with van der Waals surface area (Å²) in [5.74, 6) is 1.22. The third-order valence-corrected chi connectivity index (χ3v) is 4.09. The van der Waals surface area contributed by atoms with Gasteiger partial charge in [-0.1, -0.05) is 0 Å². The van der Waals surface area contributed by atoms with Crippen molar-refractivity contribution in [3.63, 3.8) is 0 Å². The van der Waals surface area contributed by atoms with Gasteiger partial charge in [0.25, 0.3) is 5.91 Å². The number of likely N-dealkylation sites (tertiary alicyclic amines) is 1. The number of benzene rings is 1. The van der Waals surface area contributed by atoms with Crippen molar-refractivity contribution in [3.8, 4) is 11.5 Å². The van der Waals surface area contributed by atoms with E-state index in [9.17, 15) is 9.59 Å². The summed E-state index contributed by atoms with van der Waals surface area (Å²) in [7, 11) is 0. The molecule has 1 aromatic heterocycles. The number of pyridine rings is 1. The minimum absolute atomic E-state index is 0.0250. The Balaban J connectivity index is 1.63. The number of aromatic nitrogens is 1. The van der Waals surface area contributed by atoms with Gasteiger partial charge in [-0.25, -0.2) is 0 Å². The van der Waals surface area contributed by atoms with Crippen molar-refractivity contribution in [3.05, 3.63) is 54.4 Å². The Morgan fingerprint density at radius 1 is 1.20 bits per heavy atom. The zero-order valence-electron chi connectivity index (χ0n) is 14.1. The van der Waals surface area contributed by atoms with Crippen LogP contribution in [0, 0.1) is 0 Å². The lowest BCUT2D eigenvalue weighted by Crippen LogP contribution is -2.49. The molecule has 0 radical (unpaired) electrons. The maximum Gasteiger partial charge on any atom is 0.253 e. The second kappa shape index (κ2) is 7.79. The summed E-state index contributed by atoms with van der Waals surface area (Å²) in [5, 5.41) is 2.90. The molecule has 0 aliphatic carbocycles. The van der Waals surface area contributed by atoms with Gasteiger partial charge in [0.1, 0.15) is 11.5 Å². The number of carbonyl (C=O) groups excluding carboxylic acids is 2. The first-order valence-electron chi connectivity index (χ1n) is 8.36. The predicted octanol–water partition coefficient (Wildman–Crippen LogP) is 2.61. The molecule has 0 saturated carbocycles. The molecule has 1 saturated heterocycles. The van der Waals surface area contributed by atoms with E-state index in [0.29, 0.717) is 30.2 Å². The highest BCUT2D eigenvalue weighted by Gasteiger charge is 2.24. The zero-order chi connectivity index (χ0) is 17.6. The highest BCUT2D eigenvalue weighted by molar-refractivity contribution is 5.94. The monoisotopic (exact) mass is 339 g/mol. The molecule has 1 N–H and O–H groups in total. The standard InChI is InChI=1S/C19H21N3O3/c1-14(23)21-16-4-3-11-22(13-16)19(24)15-6-8-17(9-7-15)25-18-5-2-10-20-12-18/h2,5-10,12,16H,3-4,11,13H2,1H3,(H,21,23). The van der Waals surface area contributed by atoms with E-state index in [0.717, 1.165) is 12.8 Å². The van der Waals surface area contributed by atoms with Crippen LogP contribution in [0.2, 0.25) is 0 Å². The Hall–Kier alpha value is -2.89. The fraction of sp³-hybridized carbons (Fsp3) is 0.316. The molecule has 6 nitrogen and oxygen atoms in total. The van der Waals surface area contributed by atoms with Crippen LogP contribution < -0.4 is 10.1 Å². The molecule has 0 spiro atoms. The van der Waals surface area contributed by atoms with Gasteiger partial charge in [-0.2, -0.15) is 0 Å². The van der Waals surface area contributed by atoms with Crippen LogP contribution in [0.15, 0.2) is 48.8 Å². The Morgan fingerprint density at radius 2 is 2.00 bits per heavy atom. The second-order valence-corrected chi connectivity index (χ2v) is 6.11. The fourth-order valence-corrected chi connectivity index (χ4v) is 2.96. The van der Waals surface area contributed by atoms with E-state index in [1.165, 1.54) is 6.92 Å². The summed E-state index contributed by atoms with van der Waals surface area (Å²) in [4.78, 5) is 29.7. The molecule has 130 valence electrons. The Bertz CT molecular complexity index is 731. The van der Waals surface area contributed by atoms with E-state index in [1.807, 2.05) is 6.07 Å². The van der Waals surface area contributed by atoms with E-state index >= 15 is 0 Å². The summed E-state index contributed by atoms with van der Waals surface area (Å²) in [6.07, 6.45) is 5.11. The number of piperidine rings is 1. The molecule has 1 aromatic carbocycles. The molecule has 2 heterocycles. The van der Waals surface area contributed by atoms with Gasteiger partial charge in [0.05, 0.1) is 6.20 Å². The van der Waals surface area contributed by atoms with Crippen LogP contribution in [-0.2, 0) is 4.79 Å². The van der Waals surface area contributed by atoms with Gasteiger partial charge in [0.2, 0.25) is 5.91 Å². The average Bonchev–Trinajstić information content (AvgIpc) is 2.62. The summed E-state index contributed by atoms with van der Waals surface area (Å²) in [6, 6.07) is 10.7. The van der Waals surface area contributed by atoms with Crippen LogP contribution in [0.1, 0.15) is 30.1 Å². The van der Waals surface area contributed by atoms with Gasteiger partial charge in [0, 0.05) is 37.8 Å². The van der Waals surface area contributed by atoms with Crippen molar-refractivity contribution in [1.82, 2.24) is 15.2 Å². The largest absolute Gasteiger partial charge is 0.456 e. The number of carbonyl (C=O) groups is 2. The molecular formula is C19H21N3O3. The SMILES string of the molecule is CC(=O)NC1CCCN(C(=O)c2ccc(Oc3cccnc3)cc2)C1. The third-order valence-electron chi connectivity index (χ3n) is 4.09. The fourth-order valence-electron chi connectivity index (χ4n) is 2.96. The lowest BCUT2D eigenvalue weighted by atomic mass is 10.0. The maximum absolute atomic E-state index is 12.7. The highest BCUT2D eigenvalue weighted by Crippen LogP contribution is 2.21. The first-order chi connectivity index (χ1) is 12.1. The number of ether oxygens (including phenoxy) is 1. The van der Waals surface area contributed by atoms with Gasteiger partial charge in [-0.05, 0) is 49.2 Å². The molecule has 25 heavy (non-hydrogen) atoms. The normalized spacial score (nSPS) is 17.0. The number of hydrogen-bond donors (Lipinski definition) is 1. The van der Waals surface area contributed by atoms with Crippen LogP contribution >= 0.6 is 0 Å². The Labute approximate surface area is 146 Å². The van der Waals surface area contributed by atoms with Crippen molar-refractivity contribution in [1.29, 1.82) is 0 Å². The number of nitrogens with one attached hydrogen (secondary N) is 1. The van der Waals surface area contributed by atoms with E-state index in [2.05, 4.69) is 10.3 Å². The average molecular weight is 339 g/mol. The van der Waals surface area contributed by atoms with Crippen LogP contribution in [0.25, 0.3) is 0 Å². The molecule has 0 bridgehead atoms. The van der Waals surface area contributed by atoms with Crippen molar-refractivity contribution in [2.45, 2.75) is 25.8 Å². The van der Waals surface area contributed by atoms with Gasteiger partial charge in [0.15, 0.2) is 0 Å². The van der Waals surface area contributed by atoms with Gasteiger partial charge < -0.3 is 15.0 Å². The summed E-state index contributed by atoms with van der Waals surface area (Å²) < 4.78 is 5.68. The first kappa shape index (κ1) is 17.0. The summed E-state index contributed by atoms with van der Waals surface area (Å²) >= 11 is 0. The molecule has 2 amide bonds. The molecule has 1 atom stereocenters. The van der Waals surface area contributed by atoms with Crippen LogP contribution in [0.5, 0.6) is 11.5 Å². The third kappa shape index (κ3) is 4.56. The van der Waals surface area contributed by atoms with E-state index in [4.69, 9.17) is 4.74 Å². The summed E-state index contributed by atoms with van der Waals surface area (Å²) in [6.45, 7) is 2.76. The topological polar surface area (TPSA) is 71.5 Å². The molecule has 3 rings (SSSR count). The predicted molar refractivity (Wildman–Crippen MR) is 93.5 cm³/mol. The van der Waals surface area contributed by atoms with E-state index in [1.54, 1.807) is 47.6 Å². The Kier molecular flexibility index (Phi) is 5.28. The van der Waals surface area contributed by atoms with E-state index in [-0.39, 0.29) is 17.9 Å². The zero-order valence-corrected chi connectivity index (χ0v) is 14.1. The van der Waals surface area contributed by atoms with Crippen molar-refractivity contribution in [2.24, 2.45) is 0 Å². The molecular weight excluding hydrogens is 318 g/mol. The molecule has 1 fully saturated rings. The lowest BCUT2D eigenvalue weighted by Gasteiger charge is -2.33. The number of nitrogens with zero attached hydrogens (tertiary/aromatic N) is 2. The quantitative estimate of drug-likeness (QED) is 0.929. The van der Waals surface area contributed by atoms with Crippen molar-refractivity contribution in [2.75, 3.05) is 13.1 Å². The molecule has 2 aromatic rings. The second-order valence-electron chi connectivity index (χ2n) is 6.11. The smallest absolute Gasteiger partial charge is 0.253 e. The minimum Gasteiger partial charge on any atom is -0.456 e. The molecule has 1 aliphatic heterocycles. The first-order valence-corrected chi connectivity index (χ1v) is 8.36.